The van der Waals surface area contributed by atoms with Crippen molar-refractivity contribution in [1.82, 2.24) is 14.5 Å². The number of carbonyl (C=O) groups excluding carboxylic acids is 1. The summed E-state index contributed by atoms with van der Waals surface area (Å²) in [6, 6.07) is 0.952. The first-order chi connectivity index (χ1) is 11.1. The molecule has 2 aliphatic heterocycles. The smallest absolute Gasteiger partial charge is 0.332 e. The van der Waals surface area contributed by atoms with E-state index in [1.807, 2.05) is 16.0 Å². The average molecular weight is 332 g/mol. The molecule has 0 saturated carbocycles. The molecule has 2 aliphatic rings. The van der Waals surface area contributed by atoms with Gasteiger partial charge in [0.15, 0.2) is 6.04 Å². The van der Waals surface area contributed by atoms with Crippen LogP contribution >= 0.6 is 11.3 Å². The molecule has 0 unspecified atom stereocenters. The lowest BCUT2D eigenvalue weighted by atomic mass is 10.3. The lowest BCUT2D eigenvalue weighted by Crippen LogP contribution is -2.25. The molecule has 8 nitrogen and oxygen atoms in total. The Hall–Kier alpha value is -2.68. The van der Waals surface area contributed by atoms with Crippen LogP contribution in [0.15, 0.2) is 22.8 Å². The van der Waals surface area contributed by atoms with Gasteiger partial charge in [0.25, 0.3) is 5.91 Å². The molecule has 2 aromatic rings. The second kappa shape index (κ2) is 4.92. The zero-order chi connectivity index (χ0) is 16.1. The van der Waals surface area contributed by atoms with Gasteiger partial charge in [-0.15, -0.1) is 11.3 Å². The van der Waals surface area contributed by atoms with Crippen molar-refractivity contribution >= 4 is 29.1 Å². The van der Waals surface area contributed by atoms with E-state index in [1.54, 1.807) is 18.3 Å². The number of carboxylic acid groups (broad SMARTS) is 1. The topological polar surface area (TPSA) is 97.0 Å². The fourth-order valence-corrected chi connectivity index (χ4v) is 3.54. The molecule has 23 heavy (non-hydrogen) atoms. The molecule has 4 heterocycles. The number of carbonyl (C=O) groups is 2. The number of aliphatic carboxylic acids is 1. The average Bonchev–Trinajstić information content (AvgIpc) is 3.23. The van der Waals surface area contributed by atoms with Crippen molar-refractivity contribution in [3.05, 3.63) is 34.0 Å². The number of amides is 1. The first-order valence-corrected chi connectivity index (χ1v) is 7.77. The van der Waals surface area contributed by atoms with Gasteiger partial charge in [0.05, 0.1) is 17.9 Å². The van der Waals surface area contributed by atoms with Gasteiger partial charge in [-0.05, 0) is 11.4 Å². The van der Waals surface area contributed by atoms with E-state index < -0.39 is 12.0 Å². The Bertz CT molecular complexity index is 853. The predicted molar refractivity (Wildman–Crippen MR) is 81.2 cm³/mol. The maximum atomic E-state index is 12.4. The van der Waals surface area contributed by atoms with E-state index in [1.165, 1.54) is 11.3 Å². The monoisotopic (exact) mass is 332 g/mol. The van der Waals surface area contributed by atoms with Gasteiger partial charge in [0, 0.05) is 7.05 Å². The molecule has 0 fully saturated rings. The van der Waals surface area contributed by atoms with Crippen LogP contribution in [0.1, 0.15) is 21.1 Å². The van der Waals surface area contributed by atoms with E-state index in [-0.39, 0.29) is 18.4 Å². The number of fused-ring (bicyclic) bond motifs is 3. The maximum absolute atomic E-state index is 12.4. The van der Waals surface area contributed by atoms with Crippen LogP contribution in [0.2, 0.25) is 0 Å². The number of ether oxygens (including phenoxy) is 1. The van der Waals surface area contributed by atoms with Crippen LogP contribution in [0.4, 0.5) is 0 Å². The SMILES string of the molecule is CN1Cc2c(C3=N[C@H](C(=O)O)CO3)ncn2-c2ccsc2C1=O. The third-order valence-electron chi connectivity index (χ3n) is 3.84. The molecule has 9 heteroatoms. The molecule has 0 aliphatic carbocycles. The van der Waals surface area contributed by atoms with Crippen LogP contribution in [0.3, 0.4) is 0 Å². The molecule has 0 aromatic carbocycles. The summed E-state index contributed by atoms with van der Waals surface area (Å²) in [5, 5.41) is 10.9. The normalized spacial score (nSPS) is 19.7. The largest absolute Gasteiger partial charge is 0.480 e. The number of nitrogens with zero attached hydrogens (tertiary/aromatic N) is 4. The van der Waals surface area contributed by atoms with Gasteiger partial charge in [0.2, 0.25) is 5.90 Å². The lowest BCUT2D eigenvalue weighted by molar-refractivity contribution is -0.138. The zero-order valence-corrected chi connectivity index (χ0v) is 12.9. The number of imidazole rings is 1. The van der Waals surface area contributed by atoms with E-state index in [2.05, 4.69) is 9.98 Å². The highest BCUT2D eigenvalue weighted by Gasteiger charge is 2.32. The Morgan fingerprint density at radius 3 is 3.09 bits per heavy atom. The van der Waals surface area contributed by atoms with Crippen molar-refractivity contribution in [2.75, 3.05) is 13.7 Å². The van der Waals surface area contributed by atoms with Crippen LogP contribution in [-0.2, 0) is 16.1 Å². The van der Waals surface area contributed by atoms with Gasteiger partial charge in [-0.2, -0.15) is 0 Å². The predicted octanol–water partition coefficient (Wildman–Crippen LogP) is 0.749. The summed E-state index contributed by atoms with van der Waals surface area (Å²) < 4.78 is 7.24. The molecule has 0 spiro atoms. The molecule has 0 radical (unpaired) electrons. The first kappa shape index (κ1) is 13.9. The van der Waals surface area contributed by atoms with Crippen molar-refractivity contribution < 1.29 is 19.4 Å². The minimum Gasteiger partial charge on any atom is -0.480 e. The molecular formula is C14H12N4O4S. The molecule has 118 valence electrons. The van der Waals surface area contributed by atoms with Crippen molar-refractivity contribution in [2.24, 2.45) is 4.99 Å². The second-order valence-electron chi connectivity index (χ2n) is 5.31. The third-order valence-corrected chi connectivity index (χ3v) is 4.73. The van der Waals surface area contributed by atoms with Crippen molar-refractivity contribution in [2.45, 2.75) is 12.6 Å². The summed E-state index contributed by atoms with van der Waals surface area (Å²) in [5.74, 6) is -0.870. The van der Waals surface area contributed by atoms with Crippen LogP contribution in [0, 0.1) is 0 Å². The Labute approximate surface area is 134 Å². The van der Waals surface area contributed by atoms with Crippen LogP contribution < -0.4 is 0 Å². The minimum absolute atomic E-state index is 0.00453. The molecule has 1 N–H and O–H groups in total. The molecule has 2 aromatic heterocycles. The number of aliphatic imine (C=N–C) groups is 1. The van der Waals surface area contributed by atoms with Gasteiger partial charge in [-0.25, -0.2) is 14.8 Å². The van der Waals surface area contributed by atoms with Gasteiger partial charge >= 0.3 is 5.97 Å². The Balaban J connectivity index is 1.83. The fourth-order valence-electron chi connectivity index (χ4n) is 2.66. The number of aromatic nitrogens is 2. The summed E-state index contributed by atoms with van der Waals surface area (Å²) in [7, 11) is 1.72. The summed E-state index contributed by atoms with van der Waals surface area (Å²) in [6.45, 7) is 0.338. The molecule has 0 saturated heterocycles. The highest BCUT2D eigenvalue weighted by molar-refractivity contribution is 7.12. The molecule has 1 atom stereocenters. The Kier molecular flexibility index (Phi) is 2.98. The maximum Gasteiger partial charge on any atom is 0.332 e. The number of carboxylic acids is 1. The second-order valence-corrected chi connectivity index (χ2v) is 6.22. The van der Waals surface area contributed by atoms with Crippen molar-refractivity contribution in [3.63, 3.8) is 0 Å². The Morgan fingerprint density at radius 2 is 2.35 bits per heavy atom. The molecule has 1 amide bonds. The van der Waals surface area contributed by atoms with E-state index in [0.29, 0.717) is 17.1 Å². The van der Waals surface area contributed by atoms with Gasteiger partial charge < -0.3 is 14.7 Å². The number of thiophene rings is 1. The van der Waals surface area contributed by atoms with Crippen LogP contribution in [0.25, 0.3) is 5.69 Å². The van der Waals surface area contributed by atoms with E-state index in [4.69, 9.17) is 9.84 Å². The van der Waals surface area contributed by atoms with E-state index in [0.717, 1.165) is 11.4 Å². The highest BCUT2D eigenvalue weighted by atomic mass is 32.1. The van der Waals surface area contributed by atoms with E-state index in [9.17, 15) is 9.59 Å². The third kappa shape index (κ3) is 2.04. The quantitative estimate of drug-likeness (QED) is 0.875. The number of rotatable bonds is 2. The summed E-state index contributed by atoms with van der Waals surface area (Å²) in [5.41, 5.74) is 2.00. The summed E-state index contributed by atoms with van der Waals surface area (Å²) in [4.78, 5) is 34.1. The zero-order valence-electron chi connectivity index (χ0n) is 12.1. The lowest BCUT2D eigenvalue weighted by Gasteiger charge is -2.14. The fraction of sp³-hybridized carbons (Fsp3) is 0.286. The number of hydrogen-bond acceptors (Lipinski definition) is 6. The van der Waals surface area contributed by atoms with Crippen molar-refractivity contribution in [3.8, 4) is 5.69 Å². The molecule has 0 bridgehead atoms. The molecule has 4 rings (SSSR count). The van der Waals surface area contributed by atoms with E-state index >= 15 is 0 Å². The van der Waals surface area contributed by atoms with Crippen molar-refractivity contribution in [1.29, 1.82) is 0 Å². The van der Waals surface area contributed by atoms with Gasteiger partial charge in [0.1, 0.15) is 23.5 Å². The van der Waals surface area contributed by atoms with Gasteiger partial charge in [-0.3, -0.25) is 9.36 Å². The summed E-state index contributed by atoms with van der Waals surface area (Å²) in [6.07, 6.45) is 1.61. The van der Waals surface area contributed by atoms with Crippen LogP contribution in [0.5, 0.6) is 0 Å². The van der Waals surface area contributed by atoms with Crippen LogP contribution in [-0.4, -0.2) is 57.0 Å². The minimum atomic E-state index is -1.03. The highest BCUT2D eigenvalue weighted by Crippen LogP contribution is 2.30. The Morgan fingerprint density at radius 1 is 1.52 bits per heavy atom. The first-order valence-electron chi connectivity index (χ1n) is 6.89. The van der Waals surface area contributed by atoms with Gasteiger partial charge in [-0.1, -0.05) is 0 Å². The number of hydrogen-bond donors (Lipinski definition) is 1. The standard InChI is InChI=1S/C14H12N4O4S/c1-17-4-9-10(12-16-7(5-22-12)14(20)21)15-6-18(9)8-2-3-23-11(8)13(17)19/h2-3,6-7H,4-5H2,1H3,(H,20,21)/t7-/m0/s1. The molecular weight excluding hydrogens is 320 g/mol. The summed E-state index contributed by atoms with van der Waals surface area (Å²) >= 11 is 1.38.